The number of furan rings is 1. The molecule has 134 valence electrons. The van der Waals surface area contributed by atoms with Crippen LogP contribution >= 0.6 is 0 Å². The first-order valence-electron chi connectivity index (χ1n) is 8.61. The molecular weight excluding hydrogens is 334 g/mol. The molecule has 0 radical (unpaired) electrons. The van der Waals surface area contributed by atoms with Gasteiger partial charge < -0.3 is 19.1 Å². The molecular formula is C19H19N3O4. The molecule has 0 saturated carbocycles. The van der Waals surface area contributed by atoms with Crippen molar-refractivity contribution in [2.75, 3.05) is 18.4 Å². The second kappa shape index (κ2) is 6.67. The normalized spacial score (nSPS) is 17.4. The van der Waals surface area contributed by atoms with Crippen LogP contribution in [0.15, 0.2) is 45.4 Å². The lowest BCUT2D eigenvalue weighted by molar-refractivity contribution is -0.121. The van der Waals surface area contributed by atoms with Gasteiger partial charge >= 0.3 is 0 Å². The number of likely N-dealkylation sites (tertiary alicyclic amines) is 1. The van der Waals surface area contributed by atoms with Crippen LogP contribution < -0.4 is 5.32 Å². The van der Waals surface area contributed by atoms with Crippen molar-refractivity contribution in [3.63, 3.8) is 0 Å². The van der Waals surface area contributed by atoms with Crippen molar-refractivity contribution in [3.8, 4) is 0 Å². The fraction of sp³-hybridized carbons (Fsp3) is 0.316. The summed E-state index contributed by atoms with van der Waals surface area (Å²) in [7, 11) is 0. The van der Waals surface area contributed by atoms with Crippen molar-refractivity contribution in [1.82, 2.24) is 9.88 Å². The van der Waals surface area contributed by atoms with E-state index in [0.717, 1.165) is 12.8 Å². The monoisotopic (exact) mass is 353 g/mol. The average molecular weight is 353 g/mol. The van der Waals surface area contributed by atoms with E-state index in [1.165, 1.54) is 6.26 Å². The number of aryl methyl sites for hydroxylation is 1. The number of aromatic nitrogens is 1. The molecule has 1 atom stereocenters. The number of carbonyl (C=O) groups is 2. The summed E-state index contributed by atoms with van der Waals surface area (Å²) in [5.41, 5.74) is 2.07. The van der Waals surface area contributed by atoms with E-state index in [1.54, 1.807) is 42.2 Å². The molecule has 0 aliphatic carbocycles. The van der Waals surface area contributed by atoms with Gasteiger partial charge in [-0.3, -0.25) is 9.59 Å². The van der Waals surface area contributed by atoms with E-state index in [-0.39, 0.29) is 17.7 Å². The topological polar surface area (TPSA) is 88.6 Å². The van der Waals surface area contributed by atoms with Crippen LogP contribution in [0.3, 0.4) is 0 Å². The molecule has 3 heterocycles. The molecule has 26 heavy (non-hydrogen) atoms. The van der Waals surface area contributed by atoms with Crippen LogP contribution in [0.25, 0.3) is 11.1 Å². The first kappa shape index (κ1) is 16.4. The summed E-state index contributed by atoms with van der Waals surface area (Å²) in [6.45, 7) is 2.80. The highest BCUT2D eigenvalue weighted by Gasteiger charge is 2.30. The average Bonchev–Trinajstić information content (AvgIpc) is 3.29. The third-order valence-electron chi connectivity index (χ3n) is 4.57. The van der Waals surface area contributed by atoms with Gasteiger partial charge in [-0.15, -0.1) is 0 Å². The Bertz CT molecular complexity index is 945. The molecule has 2 aromatic heterocycles. The first-order valence-corrected chi connectivity index (χ1v) is 8.61. The van der Waals surface area contributed by atoms with Crippen molar-refractivity contribution in [2.24, 2.45) is 5.92 Å². The Labute approximate surface area is 150 Å². The second-order valence-electron chi connectivity index (χ2n) is 6.47. The maximum absolute atomic E-state index is 12.6. The number of nitrogens with one attached hydrogen (secondary N) is 1. The molecule has 1 unspecified atom stereocenters. The highest BCUT2D eigenvalue weighted by Crippen LogP contribution is 2.23. The molecule has 2 amide bonds. The predicted octanol–water partition coefficient (Wildman–Crippen LogP) is 3.22. The third kappa shape index (κ3) is 3.20. The zero-order valence-corrected chi connectivity index (χ0v) is 14.4. The maximum atomic E-state index is 12.6. The molecule has 0 spiro atoms. The van der Waals surface area contributed by atoms with Gasteiger partial charge in [0.15, 0.2) is 17.2 Å². The third-order valence-corrected chi connectivity index (χ3v) is 4.57. The molecule has 1 aliphatic heterocycles. The van der Waals surface area contributed by atoms with E-state index in [4.69, 9.17) is 8.83 Å². The SMILES string of the molecule is Cc1nc2cc(NC(=O)C3CCCN(C(=O)c4ccco4)C3)ccc2o1. The molecule has 1 N–H and O–H groups in total. The Kier molecular flexibility index (Phi) is 4.20. The number of anilines is 1. The number of oxazole rings is 1. The molecule has 7 heteroatoms. The van der Waals surface area contributed by atoms with Gasteiger partial charge in [0.25, 0.3) is 5.91 Å². The Balaban J connectivity index is 1.44. The van der Waals surface area contributed by atoms with Crippen LogP contribution in [0.5, 0.6) is 0 Å². The lowest BCUT2D eigenvalue weighted by Gasteiger charge is -2.31. The molecule has 1 saturated heterocycles. The van der Waals surface area contributed by atoms with Crippen LogP contribution in [0, 0.1) is 12.8 Å². The van der Waals surface area contributed by atoms with E-state index >= 15 is 0 Å². The quantitative estimate of drug-likeness (QED) is 0.781. The number of carbonyl (C=O) groups excluding carboxylic acids is 2. The van der Waals surface area contributed by atoms with Gasteiger partial charge in [-0.05, 0) is 43.2 Å². The summed E-state index contributed by atoms with van der Waals surface area (Å²) in [6, 6.07) is 8.70. The maximum Gasteiger partial charge on any atom is 0.289 e. The number of rotatable bonds is 3. The number of fused-ring (bicyclic) bond motifs is 1. The van der Waals surface area contributed by atoms with Gasteiger partial charge in [0, 0.05) is 25.7 Å². The van der Waals surface area contributed by atoms with Crippen LogP contribution in [0.4, 0.5) is 5.69 Å². The number of nitrogens with zero attached hydrogens (tertiary/aromatic N) is 2. The minimum atomic E-state index is -0.252. The van der Waals surface area contributed by atoms with E-state index in [9.17, 15) is 9.59 Å². The molecule has 1 aliphatic rings. The smallest absolute Gasteiger partial charge is 0.289 e. The second-order valence-corrected chi connectivity index (χ2v) is 6.47. The molecule has 4 rings (SSSR count). The number of amides is 2. The Hall–Kier alpha value is -3.09. The zero-order valence-electron chi connectivity index (χ0n) is 14.4. The zero-order chi connectivity index (χ0) is 18.1. The van der Waals surface area contributed by atoms with E-state index in [0.29, 0.717) is 41.5 Å². The first-order chi connectivity index (χ1) is 12.6. The standard InChI is InChI=1S/C19H19N3O4/c1-12-20-15-10-14(6-7-16(15)26-12)21-18(23)13-4-2-8-22(11-13)19(24)17-5-3-9-25-17/h3,5-7,9-10,13H,2,4,8,11H2,1H3,(H,21,23). The van der Waals surface area contributed by atoms with Gasteiger partial charge in [0.1, 0.15) is 5.52 Å². The molecule has 0 bridgehead atoms. The predicted molar refractivity (Wildman–Crippen MR) is 94.7 cm³/mol. The lowest BCUT2D eigenvalue weighted by atomic mass is 9.96. The summed E-state index contributed by atoms with van der Waals surface area (Å²) in [4.78, 5) is 31.0. The number of piperidine rings is 1. The number of benzene rings is 1. The Morgan fingerprint density at radius 2 is 2.19 bits per heavy atom. The largest absolute Gasteiger partial charge is 0.459 e. The summed E-state index contributed by atoms with van der Waals surface area (Å²) in [6.07, 6.45) is 3.01. The highest BCUT2D eigenvalue weighted by atomic mass is 16.3. The Morgan fingerprint density at radius 3 is 3.00 bits per heavy atom. The van der Waals surface area contributed by atoms with Gasteiger partial charge in [-0.25, -0.2) is 4.98 Å². The Morgan fingerprint density at radius 1 is 1.31 bits per heavy atom. The number of hydrogen-bond acceptors (Lipinski definition) is 5. The van der Waals surface area contributed by atoms with Crippen molar-refractivity contribution in [2.45, 2.75) is 19.8 Å². The summed E-state index contributed by atoms with van der Waals surface area (Å²) in [5, 5.41) is 2.93. The van der Waals surface area contributed by atoms with Gasteiger partial charge in [-0.1, -0.05) is 0 Å². The van der Waals surface area contributed by atoms with Gasteiger partial charge in [-0.2, -0.15) is 0 Å². The fourth-order valence-electron chi connectivity index (χ4n) is 3.30. The van der Waals surface area contributed by atoms with Crippen LogP contribution in [0.1, 0.15) is 29.3 Å². The minimum absolute atomic E-state index is 0.0958. The fourth-order valence-corrected chi connectivity index (χ4v) is 3.30. The number of hydrogen-bond donors (Lipinski definition) is 1. The van der Waals surface area contributed by atoms with Crippen molar-refractivity contribution in [3.05, 3.63) is 48.2 Å². The lowest BCUT2D eigenvalue weighted by Crippen LogP contribution is -2.43. The van der Waals surface area contributed by atoms with E-state index in [1.807, 2.05) is 0 Å². The molecule has 7 nitrogen and oxygen atoms in total. The molecule has 1 aromatic carbocycles. The van der Waals surface area contributed by atoms with E-state index < -0.39 is 0 Å². The summed E-state index contributed by atoms with van der Waals surface area (Å²) < 4.78 is 10.6. The van der Waals surface area contributed by atoms with Crippen molar-refractivity contribution in [1.29, 1.82) is 0 Å². The minimum Gasteiger partial charge on any atom is -0.459 e. The van der Waals surface area contributed by atoms with Gasteiger partial charge in [0.2, 0.25) is 5.91 Å². The van der Waals surface area contributed by atoms with Crippen LogP contribution in [0.2, 0.25) is 0 Å². The summed E-state index contributed by atoms with van der Waals surface area (Å²) >= 11 is 0. The van der Waals surface area contributed by atoms with Crippen LogP contribution in [-0.4, -0.2) is 34.8 Å². The molecule has 3 aromatic rings. The van der Waals surface area contributed by atoms with E-state index in [2.05, 4.69) is 10.3 Å². The summed E-state index contributed by atoms with van der Waals surface area (Å²) in [5.74, 6) is 0.367. The highest BCUT2D eigenvalue weighted by molar-refractivity contribution is 5.96. The van der Waals surface area contributed by atoms with Crippen molar-refractivity contribution < 1.29 is 18.4 Å². The van der Waals surface area contributed by atoms with Crippen molar-refractivity contribution >= 4 is 28.6 Å². The van der Waals surface area contributed by atoms with Crippen LogP contribution in [-0.2, 0) is 4.79 Å². The van der Waals surface area contributed by atoms with Gasteiger partial charge in [0.05, 0.1) is 12.2 Å². The molecule has 1 fully saturated rings.